The normalized spacial score (nSPS) is 10.1. The highest BCUT2D eigenvalue weighted by Crippen LogP contribution is 2.34. The number of carbonyl (C=O) groups is 1. The van der Waals surface area contributed by atoms with Gasteiger partial charge in [-0.2, -0.15) is 0 Å². The fourth-order valence-electron chi connectivity index (χ4n) is 1.59. The number of aryl methyl sites for hydroxylation is 1. The quantitative estimate of drug-likeness (QED) is 0.487. The van der Waals surface area contributed by atoms with E-state index < -0.39 is 22.2 Å². The van der Waals surface area contributed by atoms with Gasteiger partial charge in [-0.3, -0.25) is 14.9 Å². The summed E-state index contributed by atoms with van der Waals surface area (Å²) in [6, 6.07) is 4.89. The van der Waals surface area contributed by atoms with E-state index in [1.54, 1.807) is 6.92 Å². The van der Waals surface area contributed by atoms with Crippen LogP contribution in [0.1, 0.15) is 15.9 Å². The zero-order valence-corrected chi connectivity index (χ0v) is 10.4. The minimum absolute atomic E-state index is 0.00352. The van der Waals surface area contributed by atoms with E-state index in [1.807, 2.05) is 0 Å². The Balaban J connectivity index is 2.44. The highest BCUT2D eigenvalue weighted by atomic mass is 19.1. The first kappa shape index (κ1) is 13.6. The van der Waals surface area contributed by atoms with Crippen molar-refractivity contribution in [3.63, 3.8) is 0 Å². The van der Waals surface area contributed by atoms with Crippen molar-refractivity contribution in [2.24, 2.45) is 0 Å². The number of nitro groups is 1. The third-order valence-corrected chi connectivity index (χ3v) is 2.53. The second kappa shape index (κ2) is 5.43. The average molecular weight is 276 g/mol. The maximum absolute atomic E-state index is 13.7. The van der Waals surface area contributed by atoms with Gasteiger partial charge < -0.3 is 4.74 Å². The van der Waals surface area contributed by atoms with Crippen LogP contribution >= 0.6 is 0 Å². The lowest BCUT2D eigenvalue weighted by Gasteiger charge is -2.08. The molecule has 0 bridgehead atoms. The van der Waals surface area contributed by atoms with Gasteiger partial charge >= 0.3 is 5.69 Å². The Hall–Kier alpha value is -2.83. The van der Waals surface area contributed by atoms with Crippen LogP contribution in [0.4, 0.5) is 10.1 Å². The molecule has 102 valence electrons. The predicted octanol–water partition coefficient (Wildman–Crippen LogP) is 3.04. The SMILES string of the molecule is Cc1cc(C=O)cnc1Oc1c(F)cccc1[N+](=O)[O-]. The number of nitrogens with zero attached hydrogens (tertiary/aromatic N) is 2. The molecule has 2 aromatic rings. The molecular weight excluding hydrogens is 267 g/mol. The van der Waals surface area contributed by atoms with Crippen molar-refractivity contribution in [1.29, 1.82) is 0 Å². The number of benzene rings is 1. The smallest absolute Gasteiger partial charge is 0.314 e. The molecule has 0 N–H and O–H groups in total. The Morgan fingerprint density at radius 2 is 2.20 bits per heavy atom. The molecule has 1 aromatic heterocycles. The molecule has 0 aliphatic carbocycles. The number of aldehydes is 1. The van der Waals surface area contributed by atoms with Crippen molar-refractivity contribution in [1.82, 2.24) is 4.98 Å². The minimum Gasteiger partial charge on any atom is -0.428 e. The molecule has 0 saturated carbocycles. The summed E-state index contributed by atoms with van der Waals surface area (Å²) in [4.78, 5) is 24.5. The van der Waals surface area contributed by atoms with Gasteiger partial charge in [-0.25, -0.2) is 9.37 Å². The molecule has 0 aliphatic rings. The van der Waals surface area contributed by atoms with Gasteiger partial charge in [0.1, 0.15) is 0 Å². The molecule has 0 atom stereocenters. The van der Waals surface area contributed by atoms with E-state index in [0.29, 0.717) is 17.4 Å². The molecule has 0 radical (unpaired) electrons. The fourth-order valence-corrected chi connectivity index (χ4v) is 1.59. The Bertz CT molecular complexity index is 688. The highest BCUT2D eigenvalue weighted by Gasteiger charge is 2.21. The molecule has 1 aromatic carbocycles. The van der Waals surface area contributed by atoms with E-state index >= 15 is 0 Å². The van der Waals surface area contributed by atoms with Gasteiger partial charge in [0, 0.05) is 23.4 Å². The maximum Gasteiger partial charge on any atom is 0.314 e. The Kier molecular flexibility index (Phi) is 3.69. The molecule has 20 heavy (non-hydrogen) atoms. The summed E-state index contributed by atoms with van der Waals surface area (Å²) >= 11 is 0. The van der Waals surface area contributed by atoms with Crippen LogP contribution in [-0.4, -0.2) is 16.2 Å². The first-order valence-corrected chi connectivity index (χ1v) is 5.55. The van der Waals surface area contributed by atoms with Crippen molar-refractivity contribution in [2.45, 2.75) is 6.92 Å². The third-order valence-electron chi connectivity index (χ3n) is 2.53. The van der Waals surface area contributed by atoms with Crippen molar-refractivity contribution in [3.8, 4) is 11.6 Å². The van der Waals surface area contributed by atoms with E-state index in [0.717, 1.165) is 12.1 Å². The molecule has 0 fully saturated rings. The van der Waals surface area contributed by atoms with E-state index in [1.165, 1.54) is 18.3 Å². The number of para-hydroxylation sites is 1. The van der Waals surface area contributed by atoms with Crippen LogP contribution in [0.2, 0.25) is 0 Å². The summed E-state index contributed by atoms with van der Waals surface area (Å²) in [6.07, 6.45) is 1.84. The largest absolute Gasteiger partial charge is 0.428 e. The second-order valence-electron chi connectivity index (χ2n) is 3.96. The van der Waals surface area contributed by atoms with Crippen molar-refractivity contribution < 1.29 is 18.8 Å². The van der Waals surface area contributed by atoms with Gasteiger partial charge in [0.05, 0.1) is 4.92 Å². The number of pyridine rings is 1. The van der Waals surface area contributed by atoms with Gasteiger partial charge in [-0.1, -0.05) is 6.07 Å². The molecule has 0 saturated heterocycles. The minimum atomic E-state index is -0.861. The number of aromatic nitrogens is 1. The summed E-state index contributed by atoms with van der Waals surface area (Å²) in [5, 5.41) is 10.8. The van der Waals surface area contributed by atoms with Gasteiger partial charge in [-0.05, 0) is 19.1 Å². The van der Waals surface area contributed by atoms with Gasteiger partial charge in [0.25, 0.3) is 0 Å². The van der Waals surface area contributed by atoms with Crippen molar-refractivity contribution in [3.05, 3.63) is 57.5 Å². The lowest BCUT2D eigenvalue weighted by molar-refractivity contribution is -0.385. The molecule has 0 unspecified atom stereocenters. The van der Waals surface area contributed by atoms with E-state index in [9.17, 15) is 19.3 Å². The lowest BCUT2D eigenvalue weighted by atomic mass is 10.2. The van der Waals surface area contributed by atoms with Gasteiger partial charge in [-0.15, -0.1) is 0 Å². The molecule has 0 spiro atoms. The molecule has 0 amide bonds. The van der Waals surface area contributed by atoms with Crippen LogP contribution < -0.4 is 4.74 Å². The average Bonchev–Trinajstić information content (AvgIpc) is 2.42. The number of carbonyl (C=O) groups excluding carboxylic acids is 1. The second-order valence-corrected chi connectivity index (χ2v) is 3.96. The number of rotatable bonds is 4. The summed E-state index contributed by atoms with van der Waals surface area (Å²) in [5.41, 5.74) is 0.302. The van der Waals surface area contributed by atoms with E-state index in [4.69, 9.17) is 4.74 Å². The maximum atomic E-state index is 13.7. The molecule has 1 heterocycles. The summed E-state index contributed by atoms with van der Waals surface area (Å²) in [6.45, 7) is 1.60. The molecule has 2 rings (SSSR count). The zero-order chi connectivity index (χ0) is 14.7. The number of hydrogen-bond donors (Lipinski definition) is 0. The fraction of sp³-hybridized carbons (Fsp3) is 0.0769. The van der Waals surface area contributed by atoms with Crippen molar-refractivity contribution >= 4 is 12.0 Å². The van der Waals surface area contributed by atoms with Crippen LogP contribution in [0, 0.1) is 22.9 Å². The highest BCUT2D eigenvalue weighted by molar-refractivity contribution is 5.74. The van der Waals surface area contributed by atoms with Crippen molar-refractivity contribution in [2.75, 3.05) is 0 Å². The van der Waals surface area contributed by atoms with E-state index in [-0.39, 0.29) is 5.88 Å². The summed E-state index contributed by atoms with van der Waals surface area (Å²) in [5.74, 6) is -1.37. The lowest BCUT2D eigenvalue weighted by Crippen LogP contribution is -1.99. The predicted molar refractivity (Wildman–Crippen MR) is 67.5 cm³/mol. The van der Waals surface area contributed by atoms with Crippen LogP contribution in [0.3, 0.4) is 0 Å². The Labute approximate surface area is 113 Å². The monoisotopic (exact) mass is 276 g/mol. The van der Waals surface area contributed by atoms with Gasteiger partial charge in [0.2, 0.25) is 11.6 Å². The topological polar surface area (TPSA) is 82.3 Å². The van der Waals surface area contributed by atoms with Crippen LogP contribution in [-0.2, 0) is 0 Å². The zero-order valence-electron chi connectivity index (χ0n) is 10.4. The first-order valence-electron chi connectivity index (χ1n) is 5.55. The van der Waals surface area contributed by atoms with E-state index in [2.05, 4.69) is 4.98 Å². The molecule has 7 heteroatoms. The number of halogens is 1. The standard InChI is InChI=1S/C13H9FN2O4/c1-8-5-9(7-17)6-15-13(8)20-12-10(14)3-2-4-11(12)16(18)19/h2-7H,1H3. The Morgan fingerprint density at radius 3 is 2.80 bits per heavy atom. The molecule has 0 aliphatic heterocycles. The van der Waals surface area contributed by atoms with Crippen LogP contribution in [0.5, 0.6) is 11.6 Å². The third kappa shape index (κ3) is 2.61. The Morgan fingerprint density at radius 1 is 1.45 bits per heavy atom. The van der Waals surface area contributed by atoms with Crippen LogP contribution in [0.25, 0.3) is 0 Å². The molecular formula is C13H9FN2O4. The first-order chi connectivity index (χ1) is 9.52. The van der Waals surface area contributed by atoms with Gasteiger partial charge in [0.15, 0.2) is 12.1 Å². The molecule has 6 nitrogen and oxygen atoms in total. The number of hydrogen-bond acceptors (Lipinski definition) is 5. The van der Waals surface area contributed by atoms with Crippen LogP contribution in [0.15, 0.2) is 30.5 Å². The summed E-state index contributed by atoms with van der Waals surface area (Å²) in [7, 11) is 0. The summed E-state index contributed by atoms with van der Waals surface area (Å²) < 4.78 is 18.8. The number of ether oxygens (including phenoxy) is 1. The number of nitro benzene ring substituents is 1.